The van der Waals surface area contributed by atoms with Crippen molar-refractivity contribution in [2.24, 2.45) is 0 Å². The summed E-state index contributed by atoms with van der Waals surface area (Å²) in [6, 6.07) is 19.5. The SMILES string of the molecule is CC(C)(C)[S@+]([O-])N[C@@H](Cc1cc(Br)ccn1)c1ccccc1-c1noc2ccccc12. The average molecular weight is 498 g/mol. The Morgan fingerprint density at radius 1 is 1.10 bits per heavy atom. The van der Waals surface area contributed by atoms with Crippen molar-refractivity contribution in [2.45, 2.75) is 38.0 Å². The molecule has 0 saturated carbocycles. The number of nitrogens with one attached hydrogen (secondary N) is 1. The van der Waals surface area contributed by atoms with E-state index in [9.17, 15) is 4.55 Å². The number of halogens is 1. The topological polar surface area (TPSA) is 74.0 Å². The summed E-state index contributed by atoms with van der Waals surface area (Å²) >= 11 is 2.26. The Balaban J connectivity index is 1.79. The molecule has 160 valence electrons. The molecule has 0 aliphatic carbocycles. The van der Waals surface area contributed by atoms with Crippen molar-refractivity contribution in [1.82, 2.24) is 14.9 Å². The van der Waals surface area contributed by atoms with Gasteiger partial charge in [-0.1, -0.05) is 57.5 Å². The van der Waals surface area contributed by atoms with E-state index in [-0.39, 0.29) is 6.04 Å². The second kappa shape index (κ2) is 9.12. The molecule has 0 aliphatic heterocycles. The van der Waals surface area contributed by atoms with Gasteiger partial charge < -0.3 is 9.08 Å². The van der Waals surface area contributed by atoms with Gasteiger partial charge in [0.25, 0.3) is 0 Å². The van der Waals surface area contributed by atoms with Gasteiger partial charge in [-0.15, -0.1) is 4.72 Å². The second-order valence-electron chi connectivity index (χ2n) is 8.34. The third-order valence-corrected chi connectivity index (χ3v) is 7.07. The number of para-hydroxylation sites is 1. The molecule has 0 bridgehead atoms. The number of aromatic nitrogens is 2. The number of fused-ring (bicyclic) bond motifs is 1. The van der Waals surface area contributed by atoms with Gasteiger partial charge in [0, 0.05) is 45.1 Å². The fraction of sp³-hybridized carbons (Fsp3) is 0.250. The maximum atomic E-state index is 13.1. The summed E-state index contributed by atoms with van der Waals surface area (Å²) in [6.07, 6.45) is 2.35. The standard InChI is InChI=1S/C24H24BrN3O2S/c1-24(2,3)31(29)28-21(15-17-14-16(25)12-13-26-17)18-8-4-5-9-19(18)23-20-10-6-7-11-22(20)30-27-23/h4-14,21,28H,15H2,1-3H3/t21-,31-/m0/s1. The Labute approximate surface area is 193 Å². The average Bonchev–Trinajstić information content (AvgIpc) is 3.16. The van der Waals surface area contributed by atoms with Gasteiger partial charge in [-0.25, -0.2) is 0 Å². The van der Waals surface area contributed by atoms with Crippen LogP contribution in [-0.4, -0.2) is 19.4 Å². The van der Waals surface area contributed by atoms with Gasteiger partial charge in [-0.2, -0.15) is 0 Å². The van der Waals surface area contributed by atoms with E-state index < -0.39 is 16.1 Å². The molecule has 0 saturated heterocycles. The van der Waals surface area contributed by atoms with Crippen LogP contribution in [0.3, 0.4) is 0 Å². The summed E-state index contributed by atoms with van der Waals surface area (Å²) in [5.41, 5.74) is 4.37. The first-order chi connectivity index (χ1) is 14.8. The van der Waals surface area contributed by atoms with E-state index in [1.54, 1.807) is 6.20 Å². The minimum atomic E-state index is -1.26. The van der Waals surface area contributed by atoms with Crippen LogP contribution in [0.25, 0.3) is 22.2 Å². The van der Waals surface area contributed by atoms with Crippen molar-refractivity contribution < 1.29 is 9.08 Å². The molecule has 2 aromatic carbocycles. The molecule has 0 spiro atoms. The zero-order valence-corrected chi connectivity index (χ0v) is 20.0. The normalized spacial score (nSPS) is 14.0. The van der Waals surface area contributed by atoms with Crippen molar-refractivity contribution in [3.63, 3.8) is 0 Å². The molecular weight excluding hydrogens is 474 g/mol. The summed E-state index contributed by atoms with van der Waals surface area (Å²) in [4.78, 5) is 4.51. The molecule has 2 aromatic heterocycles. The van der Waals surface area contributed by atoms with Gasteiger partial charge >= 0.3 is 0 Å². The molecule has 0 fully saturated rings. The molecule has 0 unspecified atom stereocenters. The van der Waals surface area contributed by atoms with Gasteiger partial charge in [-0.05, 0) is 50.6 Å². The maximum absolute atomic E-state index is 13.1. The summed E-state index contributed by atoms with van der Waals surface area (Å²) in [5.74, 6) is 0. The van der Waals surface area contributed by atoms with Crippen LogP contribution < -0.4 is 4.72 Å². The predicted octanol–water partition coefficient (Wildman–Crippen LogP) is 5.99. The summed E-state index contributed by atoms with van der Waals surface area (Å²) in [5, 5.41) is 5.31. The smallest absolute Gasteiger partial charge is 0.167 e. The van der Waals surface area contributed by atoms with Crippen LogP contribution in [-0.2, 0) is 17.8 Å². The highest BCUT2D eigenvalue weighted by atomic mass is 79.9. The van der Waals surface area contributed by atoms with Gasteiger partial charge in [0.2, 0.25) is 0 Å². The minimum Gasteiger partial charge on any atom is -0.598 e. The number of benzene rings is 2. The molecule has 4 aromatic rings. The second-order valence-corrected chi connectivity index (χ2v) is 11.2. The van der Waals surface area contributed by atoms with Gasteiger partial charge in [0.15, 0.2) is 5.58 Å². The fourth-order valence-electron chi connectivity index (χ4n) is 3.39. The molecule has 0 radical (unpaired) electrons. The quantitative estimate of drug-likeness (QED) is 0.331. The van der Waals surface area contributed by atoms with E-state index in [4.69, 9.17) is 4.52 Å². The first kappa shape index (κ1) is 22.0. The highest BCUT2D eigenvalue weighted by Crippen LogP contribution is 2.35. The summed E-state index contributed by atoms with van der Waals surface area (Å²) < 4.78 is 22.5. The Hall–Kier alpha value is -2.19. The van der Waals surface area contributed by atoms with Gasteiger partial charge in [0.1, 0.15) is 10.4 Å². The third kappa shape index (κ3) is 5.01. The number of hydrogen-bond acceptors (Lipinski definition) is 5. The highest BCUT2D eigenvalue weighted by molar-refractivity contribution is 9.10. The Morgan fingerprint density at radius 3 is 2.61 bits per heavy atom. The number of hydrogen-bond donors (Lipinski definition) is 1. The Morgan fingerprint density at radius 2 is 1.84 bits per heavy atom. The van der Waals surface area contributed by atoms with Crippen LogP contribution in [0.1, 0.15) is 38.1 Å². The van der Waals surface area contributed by atoms with Crippen molar-refractivity contribution >= 4 is 38.3 Å². The molecule has 7 heteroatoms. The highest BCUT2D eigenvalue weighted by Gasteiger charge is 2.31. The lowest BCUT2D eigenvalue weighted by atomic mass is 9.94. The van der Waals surface area contributed by atoms with Crippen LogP contribution in [0.5, 0.6) is 0 Å². The van der Waals surface area contributed by atoms with Crippen molar-refractivity contribution in [2.75, 3.05) is 0 Å². The molecule has 31 heavy (non-hydrogen) atoms. The van der Waals surface area contributed by atoms with Crippen molar-refractivity contribution in [3.05, 3.63) is 82.6 Å². The Bertz CT molecular complexity index is 1190. The lowest BCUT2D eigenvalue weighted by molar-refractivity contribution is 0.459. The number of nitrogens with zero attached hydrogens (tertiary/aromatic N) is 2. The molecule has 0 aliphatic rings. The van der Waals surface area contributed by atoms with E-state index in [2.05, 4.69) is 30.8 Å². The number of pyridine rings is 1. The van der Waals surface area contributed by atoms with E-state index in [0.29, 0.717) is 6.42 Å². The zero-order valence-electron chi connectivity index (χ0n) is 17.6. The van der Waals surface area contributed by atoms with E-state index >= 15 is 0 Å². The van der Waals surface area contributed by atoms with Crippen LogP contribution in [0, 0.1) is 0 Å². The molecule has 5 nitrogen and oxygen atoms in total. The van der Waals surface area contributed by atoms with E-state index in [1.807, 2.05) is 81.4 Å². The van der Waals surface area contributed by atoms with Crippen LogP contribution in [0.4, 0.5) is 0 Å². The molecule has 2 atom stereocenters. The van der Waals surface area contributed by atoms with E-state index in [0.717, 1.165) is 38.0 Å². The minimum absolute atomic E-state index is 0.228. The van der Waals surface area contributed by atoms with Crippen LogP contribution in [0.15, 0.2) is 75.9 Å². The van der Waals surface area contributed by atoms with Gasteiger partial charge in [0.05, 0.1) is 6.04 Å². The molecular formula is C24H24BrN3O2S. The van der Waals surface area contributed by atoms with Crippen molar-refractivity contribution in [3.8, 4) is 11.3 Å². The first-order valence-electron chi connectivity index (χ1n) is 10.0. The monoisotopic (exact) mass is 497 g/mol. The van der Waals surface area contributed by atoms with Crippen molar-refractivity contribution in [1.29, 1.82) is 0 Å². The molecule has 1 N–H and O–H groups in total. The Kier molecular flexibility index (Phi) is 6.48. The van der Waals surface area contributed by atoms with Crippen LogP contribution >= 0.6 is 15.9 Å². The summed E-state index contributed by atoms with van der Waals surface area (Å²) in [6.45, 7) is 5.88. The zero-order chi connectivity index (χ0) is 22.0. The molecule has 0 amide bonds. The van der Waals surface area contributed by atoms with Gasteiger partial charge in [-0.3, -0.25) is 4.98 Å². The fourth-order valence-corrected chi connectivity index (χ4v) is 4.59. The first-order valence-corrected chi connectivity index (χ1v) is 12.0. The number of rotatable bonds is 6. The summed E-state index contributed by atoms with van der Waals surface area (Å²) in [7, 11) is 0. The predicted molar refractivity (Wildman–Crippen MR) is 129 cm³/mol. The van der Waals surface area contributed by atoms with E-state index in [1.165, 1.54) is 0 Å². The third-order valence-electron chi connectivity index (χ3n) is 4.97. The molecule has 4 rings (SSSR count). The lowest BCUT2D eigenvalue weighted by Crippen LogP contribution is -2.42. The largest absolute Gasteiger partial charge is 0.598 e. The molecule has 2 heterocycles. The maximum Gasteiger partial charge on any atom is 0.167 e. The lowest BCUT2D eigenvalue weighted by Gasteiger charge is -2.29. The van der Waals surface area contributed by atoms with Crippen LogP contribution in [0.2, 0.25) is 0 Å².